The van der Waals surface area contributed by atoms with Crippen LogP contribution < -0.4 is 0 Å². The SMILES string of the molecule is CCCC(OCC1CCC1)c1ccc(CC)c(C)c1C. The second-order valence-electron chi connectivity index (χ2n) is 6.33. The maximum Gasteiger partial charge on any atom is 0.0827 e. The normalized spacial score (nSPS) is 17.0. The summed E-state index contributed by atoms with van der Waals surface area (Å²) < 4.78 is 6.28. The van der Waals surface area contributed by atoms with E-state index >= 15 is 0 Å². The topological polar surface area (TPSA) is 9.23 Å². The average Bonchev–Trinajstić information content (AvgIpc) is 2.39. The predicted octanol–water partition coefficient (Wildman–Crippen LogP) is 5.52. The summed E-state index contributed by atoms with van der Waals surface area (Å²) in [6.07, 6.45) is 7.87. The summed E-state index contributed by atoms with van der Waals surface area (Å²) in [6, 6.07) is 4.61. The number of benzene rings is 1. The lowest BCUT2D eigenvalue weighted by atomic mass is 9.86. The summed E-state index contributed by atoms with van der Waals surface area (Å²) in [7, 11) is 0. The largest absolute Gasteiger partial charge is 0.373 e. The fourth-order valence-electron chi connectivity index (χ4n) is 3.13. The molecule has 1 heteroatoms. The lowest BCUT2D eigenvalue weighted by molar-refractivity contribution is 0.00438. The minimum Gasteiger partial charge on any atom is -0.373 e. The molecule has 1 aromatic carbocycles. The molecule has 1 aliphatic carbocycles. The van der Waals surface area contributed by atoms with Crippen LogP contribution in [0.5, 0.6) is 0 Å². The molecule has 0 heterocycles. The third kappa shape index (κ3) is 3.44. The Kier molecular flexibility index (Phi) is 5.65. The van der Waals surface area contributed by atoms with Crippen molar-refractivity contribution in [2.45, 2.75) is 72.3 Å². The third-order valence-corrected chi connectivity index (χ3v) is 4.98. The molecule has 0 aliphatic heterocycles. The molecule has 1 fully saturated rings. The van der Waals surface area contributed by atoms with Gasteiger partial charge in [-0.05, 0) is 67.7 Å². The standard InChI is InChI=1S/C19H30O/c1-5-8-19(20-13-16-9-7-10-16)18-12-11-17(6-2)14(3)15(18)4/h11-12,16,19H,5-10,13H2,1-4H3. The highest BCUT2D eigenvalue weighted by Gasteiger charge is 2.21. The van der Waals surface area contributed by atoms with E-state index < -0.39 is 0 Å². The number of hydrogen-bond acceptors (Lipinski definition) is 1. The quantitative estimate of drug-likeness (QED) is 0.635. The van der Waals surface area contributed by atoms with Crippen molar-refractivity contribution in [1.82, 2.24) is 0 Å². The lowest BCUT2D eigenvalue weighted by Crippen LogP contribution is -2.20. The molecule has 2 rings (SSSR count). The Balaban J connectivity index is 2.12. The van der Waals surface area contributed by atoms with Gasteiger partial charge >= 0.3 is 0 Å². The van der Waals surface area contributed by atoms with Crippen LogP contribution in [0.15, 0.2) is 12.1 Å². The monoisotopic (exact) mass is 274 g/mol. The number of hydrogen-bond donors (Lipinski definition) is 0. The molecule has 0 amide bonds. The van der Waals surface area contributed by atoms with E-state index in [9.17, 15) is 0 Å². The summed E-state index contributed by atoms with van der Waals surface area (Å²) in [6.45, 7) is 9.96. The number of aryl methyl sites for hydroxylation is 1. The van der Waals surface area contributed by atoms with E-state index in [4.69, 9.17) is 4.74 Å². The summed E-state index contributed by atoms with van der Waals surface area (Å²) in [5.41, 5.74) is 5.79. The molecule has 1 unspecified atom stereocenters. The second-order valence-corrected chi connectivity index (χ2v) is 6.33. The molecule has 1 nitrogen and oxygen atoms in total. The maximum absolute atomic E-state index is 6.28. The van der Waals surface area contributed by atoms with Gasteiger partial charge in [-0.15, -0.1) is 0 Å². The van der Waals surface area contributed by atoms with E-state index in [0.717, 1.165) is 25.4 Å². The van der Waals surface area contributed by atoms with Crippen LogP contribution in [-0.2, 0) is 11.2 Å². The van der Waals surface area contributed by atoms with E-state index in [1.807, 2.05) is 0 Å². The van der Waals surface area contributed by atoms with Crippen LogP contribution in [0.4, 0.5) is 0 Å². The smallest absolute Gasteiger partial charge is 0.0827 e. The highest BCUT2D eigenvalue weighted by Crippen LogP contribution is 2.32. The van der Waals surface area contributed by atoms with Gasteiger partial charge in [0, 0.05) is 0 Å². The van der Waals surface area contributed by atoms with Crippen LogP contribution in [0.25, 0.3) is 0 Å². The van der Waals surface area contributed by atoms with Gasteiger partial charge in [0.05, 0.1) is 12.7 Å². The Morgan fingerprint density at radius 3 is 2.45 bits per heavy atom. The second kappa shape index (κ2) is 7.26. The molecule has 0 saturated heterocycles. The zero-order valence-electron chi connectivity index (χ0n) is 13.7. The Bertz CT molecular complexity index is 432. The Labute approximate surface area is 124 Å². The molecule has 1 aromatic rings. The molecule has 0 aromatic heterocycles. The molecule has 0 bridgehead atoms. The zero-order chi connectivity index (χ0) is 14.5. The van der Waals surface area contributed by atoms with Crippen molar-refractivity contribution < 1.29 is 4.74 Å². The molecular formula is C19H30O. The molecule has 0 N–H and O–H groups in total. The fraction of sp³-hybridized carbons (Fsp3) is 0.684. The Morgan fingerprint density at radius 1 is 1.15 bits per heavy atom. The first-order valence-electron chi connectivity index (χ1n) is 8.37. The summed E-state index contributed by atoms with van der Waals surface area (Å²) in [4.78, 5) is 0. The van der Waals surface area contributed by atoms with Gasteiger partial charge in [-0.1, -0.05) is 38.8 Å². The van der Waals surface area contributed by atoms with Gasteiger partial charge in [-0.25, -0.2) is 0 Å². The molecule has 1 aliphatic rings. The van der Waals surface area contributed by atoms with Crippen molar-refractivity contribution in [2.24, 2.45) is 5.92 Å². The predicted molar refractivity (Wildman–Crippen MR) is 86.2 cm³/mol. The van der Waals surface area contributed by atoms with E-state index in [1.54, 1.807) is 0 Å². The van der Waals surface area contributed by atoms with Crippen molar-refractivity contribution in [3.05, 3.63) is 34.4 Å². The minimum atomic E-state index is 0.296. The van der Waals surface area contributed by atoms with E-state index in [-0.39, 0.29) is 0 Å². The zero-order valence-corrected chi connectivity index (χ0v) is 13.7. The third-order valence-electron chi connectivity index (χ3n) is 4.98. The molecule has 20 heavy (non-hydrogen) atoms. The van der Waals surface area contributed by atoms with Crippen LogP contribution in [0.1, 0.15) is 74.3 Å². The van der Waals surface area contributed by atoms with Crippen molar-refractivity contribution in [2.75, 3.05) is 6.61 Å². The molecule has 112 valence electrons. The van der Waals surface area contributed by atoms with E-state index in [0.29, 0.717) is 6.10 Å². The van der Waals surface area contributed by atoms with Gasteiger partial charge in [-0.2, -0.15) is 0 Å². The van der Waals surface area contributed by atoms with E-state index in [2.05, 4.69) is 39.8 Å². The highest BCUT2D eigenvalue weighted by atomic mass is 16.5. The van der Waals surface area contributed by atoms with Gasteiger partial charge in [0.2, 0.25) is 0 Å². The lowest BCUT2D eigenvalue weighted by Gasteiger charge is -2.29. The summed E-state index contributed by atoms with van der Waals surface area (Å²) >= 11 is 0. The van der Waals surface area contributed by atoms with Crippen LogP contribution in [-0.4, -0.2) is 6.61 Å². The summed E-state index contributed by atoms with van der Waals surface area (Å²) in [5.74, 6) is 0.825. The maximum atomic E-state index is 6.28. The van der Waals surface area contributed by atoms with Crippen LogP contribution >= 0.6 is 0 Å². The number of rotatable bonds is 7. The van der Waals surface area contributed by atoms with Gasteiger partial charge < -0.3 is 4.74 Å². The average molecular weight is 274 g/mol. The van der Waals surface area contributed by atoms with Gasteiger partial charge in [0.25, 0.3) is 0 Å². The first kappa shape index (κ1) is 15.6. The van der Waals surface area contributed by atoms with Crippen molar-refractivity contribution in [1.29, 1.82) is 0 Å². The molecule has 1 saturated carbocycles. The van der Waals surface area contributed by atoms with Gasteiger partial charge in [0.1, 0.15) is 0 Å². The van der Waals surface area contributed by atoms with Crippen LogP contribution in [0.3, 0.4) is 0 Å². The van der Waals surface area contributed by atoms with Crippen molar-refractivity contribution >= 4 is 0 Å². The summed E-state index contributed by atoms with van der Waals surface area (Å²) in [5, 5.41) is 0. The first-order chi connectivity index (χ1) is 9.67. The molecular weight excluding hydrogens is 244 g/mol. The van der Waals surface area contributed by atoms with E-state index in [1.165, 1.54) is 47.9 Å². The minimum absolute atomic E-state index is 0.296. The molecule has 0 radical (unpaired) electrons. The Morgan fingerprint density at radius 2 is 1.90 bits per heavy atom. The molecule has 1 atom stereocenters. The van der Waals surface area contributed by atoms with Crippen LogP contribution in [0.2, 0.25) is 0 Å². The van der Waals surface area contributed by atoms with Crippen molar-refractivity contribution in [3.8, 4) is 0 Å². The van der Waals surface area contributed by atoms with Gasteiger partial charge in [-0.3, -0.25) is 0 Å². The first-order valence-corrected chi connectivity index (χ1v) is 8.37. The van der Waals surface area contributed by atoms with Gasteiger partial charge in [0.15, 0.2) is 0 Å². The fourth-order valence-corrected chi connectivity index (χ4v) is 3.13. The van der Waals surface area contributed by atoms with Crippen molar-refractivity contribution in [3.63, 3.8) is 0 Å². The molecule has 0 spiro atoms. The Hall–Kier alpha value is -0.820. The van der Waals surface area contributed by atoms with Crippen LogP contribution in [0, 0.1) is 19.8 Å². The number of ether oxygens (including phenoxy) is 1. The highest BCUT2D eigenvalue weighted by molar-refractivity contribution is 5.40.